The van der Waals surface area contributed by atoms with Crippen molar-refractivity contribution in [2.75, 3.05) is 39.8 Å². The third-order valence-electron chi connectivity index (χ3n) is 4.29. The lowest BCUT2D eigenvalue weighted by atomic mass is 9.99. The molecular formula is C17H31IN4O. The van der Waals surface area contributed by atoms with Crippen molar-refractivity contribution in [1.82, 2.24) is 15.5 Å². The standard InChI is InChI=1S/C17H30N4O.HI/c1-15-7-12-21(13-8-15)11-4-9-19-17(18-2)20-10-6-16-5-3-14-22-16;/h3,5,14-15H,4,6-13H2,1-2H3,(H2,18,19,20);1H. The molecule has 23 heavy (non-hydrogen) atoms. The lowest BCUT2D eigenvalue weighted by molar-refractivity contribution is 0.191. The van der Waals surface area contributed by atoms with E-state index in [2.05, 4.69) is 27.4 Å². The molecule has 0 aromatic carbocycles. The molecule has 1 aliphatic rings. The third kappa shape index (κ3) is 8.06. The number of aliphatic imine (C=N–C) groups is 1. The maximum atomic E-state index is 5.32. The summed E-state index contributed by atoms with van der Waals surface area (Å²) in [7, 11) is 1.81. The van der Waals surface area contributed by atoms with Crippen LogP contribution in [0.1, 0.15) is 31.9 Å². The summed E-state index contributed by atoms with van der Waals surface area (Å²) in [6.45, 7) is 7.86. The summed E-state index contributed by atoms with van der Waals surface area (Å²) in [5.41, 5.74) is 0. The number of hydrogen-bond acceptors (Lipinski definition) is 3. The van der Waals surface area contributed by atoms with Crippen LogP contribution in [0.5, 0.6) is 0 Å². The first-order valence-corrected chi connectivity index (χ1v) is 8.47. The molecular weight excluding hydrogens is 403 g/mol. The molecule has 1 aromatic heterocycles. The lowest BCUT2D eigenvalue weighted by Gasteiger charge is -2.30. The highest BCUT2D eigenvalue weighted by molar-refractivity contribution is 14.0. The van der Waals surface area contributed by atoms with Crippen molar-refractivity contribution in [2.24, 2.45) is 10.9 Å². The molecule has 2 rings (SSSR count). The molecule has 0 radical (unpaired) electrons. The van der Waals surface area contributed by atoms with E-state index in [9.17, 15) is 0 Å². The van der Waals surface area contributed by atoms with Gasteiger partial charge >= 0.3 is 0 Å². The van der Waals surface area contributed by atoms with Gasteiger partial charge in [-0.15, -0.1) is 24.0 Å². The zero-order valence-electron chi connectivity index (χ0n) is 14.4. The van der Waals surface area contributed by atoms with Crippen LogP contribution in [0.3, 0.4) is 0 Å². The Bertz CT molecular complexity index is 428. The molecule has 2 N–H and O–H groups in total. The van der Waals surface area contributed by atoms with Crippen molar-refractivity contribution in [2.45, 2.75) is 32.6 Å². The molecule has 0 aliphatic carbocycles. The number of piperidine rings is 1. The number of guanidine groups is 1. The van der Waals surface area contributed by atoms with E-state index in [1.54, 1.807) is 6.26 Å². The molecule has 0 saturated carbocycles. The first-order chi connectivity index (χ1) is 10.8. The molecule has 1 saturated heterocycles. The average Bonchev–Trinajstić information content (AvgIpc) is 3.04. The first-order valence-electron chi connectivity index (χ1n) is 8.47. The molecule has 0 spiro atoms. The van der Waals surface area contributed by atoms with Gasteiger partial charge in [-0.2, -0.15) is 0 Å². The van der Waals surface area contributed by atoms with Gasteiger partial charge < -0.3 is 20.0 Å². The van der Waals surface area contributed by atoms with Crippen LogP contribution in [0.25, 0.3) is 0 Å². The monoisotopic (exact) mass is 434 g/mol. The van der Waals surface area contributed by atoms with Crippen LogP contribution in [0.4, 0.5) is 0 Å². The van der Waals surface area contributed by atoms with Crippen LogP contribution in [0, 0.1) is 5.92 Å². The van der Waals surface area contributed by atoms with Gasteiger partial charge in [-0.25, -0.2) is 0 Å². The minimum atomic E-state index is 0. The number of rotatable bonds is 7. The van der Waals surface area contributed by atoms with Gasteiger partial charge in [-0.1, -0.05) is 6.92 Å². The topological polar surface area (TPSA) is 52.8 Å². The molecule has 0 amide bonds. The van der Waals surface area contributed by atoms with E-state index in [1.807, 2.05) is 19.2 Å². The summed E-state index contributed by atoms with van der Waals surface area (Å²) in [4.78, 5) is 6.83. The van der Waals surface area contributed by atoms with Gasteiger partial charge in [0.15, 0.2) is 5.96 Å². The van der Waals surface area contributed by atoms with Crippen molar-refractivity contribution in [1.29, 1.82) is 0 Å². The molecule has 0 atom stereocenters. The molecule has 1 aliphatic heterocycles. The molecule has 5 nitrogen and oxygen atoms in total. The summed E-state index contributed by atoms with van der Waals surface area (Å²) in [5.74, 6) is 2.78. The highest BCUT2D eigenvalue weighted by Gasteiger charge is 2.14. The quantitative estimate of drug-likeness (QED) is 0.300. The third-order valence-corrected chi connectivity index (χ3v) is 4.29. The Labute approximate surface area is 157 Å². The van der Waals surface area contributed by atoms with Crippen molar-refractivity contribution < 1.29 is 4.42 Å². The van der Waals surface area contributed by atoms with E-state index >= 15 is 0 Å². The fourth-order valence-corrected chi connectivity index (χ4v) is 2.77. The Hall–Kier alpha value is -0.760. The van der Waals surface area contributed by atoms with E-state index < -0.39 is 0 Å². The molecule has 2 heterocycles. The van der Waals surface area contributed by atoms with Gasteiger partial charge in [-0.05, 0) is 56.9 Å². The summed E-state index contributed by atoms with van der Waals surface area (Å²) in [6.07, 6.45) is 6.45. The fraction of sp³-hybridized carbons (Fsp3) is 0.706. The minimum absolute atomic E-state index is 0. The predicted octanol–water partition coefficient (Wildman–Crippen LogP) is 2.73. The second-order valence-electron chi connectivity index (χ2n) is 6.13. The van der Waals surface area contributed by atoms with Crippen molar-refractivity contribution in [3.8, 4) is 0 Å². The lowest BCUT2D eigenvalue weighted by Crippen LogP contribution is -2.40. The Morgan fingerprint density at radius 2 is 2.04 bits per heavy atom. The van der Waals surface area contributed by atoms with E-state index in [0.29, 0.717) is 0 Å². The Morgan fingerprint density at radius 1 is 1.30 bits per heavy atom. The van der Waals surface area contributed by atoms with Crippen LogP contribution >= 0.6 is 24.0 Å². The van der Waals surface area contributed by atoms with Gasteiger partial charge in [0.25, 0.3) is 0 Å². The highest BCUT2D eigenvalue weighted by atomic mass is 127. The molecule has 1 aromatic rings. The van der Waals surface area contributed by atoms with Gasteiger partial charge in [0.1, 0.15) is 5.76 Å². The maximum Gasteiger partial charge on any atom is 0.190 e. The van der Waals surface area contributed by atoms with Gasteiger partial charge in [0.05, 0.1) is 6.26 Å². The number of nitrogens with one attached hydrogen (secondary N) is 2. The number of likely N-dealkylation sites (tertiary alicyclic amines) is 1. The number of furan rings is 1. The molecule has 0 bridgehead atoms. The van der Waals surface area contributed by atoms with E-state index in [0.717, 1.165) is 43.6 Å². The van der Waals surface area contributed by atoms with Crippen molar-refractivity contribution >= 4 is 29.9 Å². The first kappa shape index (κ1) is 20.3. The van der Waals surface area contributed by atoms with Gasteiger partial charge in [-0.3, -0.25) is 4.99 Å². The Morgan fingerprint density at radius 3 is 2.70 bits per heavy atom. The minimum Gasteiger partial charge on any atom is -0.469 e. The van der Waals surface area contributed by atoms with Crippen LogP contribution in [0.2, 0.25) is 0 Å². The Balaban J connectivity index is 0.00000264. The van der Waals surface area contributed by atoms with Crippen LogP contribution < -0.4 is 10.6 Å². The van der Waals surface area contributed by atoms with Crippen LogP contribution in [0.15, 0.2) is 27.8 Å². The predicted molar refractivity (Wildman–Crippen MR) is 107 cm³/mol. The zero-order valence-corrected chi connectivity index (χ0v) is 16.7. The maximum absolute atomic E-state index is 5.32. The van der Waals surface area contributed by atoms with E-state index in [4.69, 9.17) is 4.42 Å². The Kier molecular flexibility index (Phi) is 10.3. The fourth-order valence-electron chi connectivity index (χ4n) is 2.77. The van der Waals surface area contributed by atoms with Crippen molar-refractivity contribution in [3.63, 3.8) is 0 Å². The van der Waals surface area contributed by atoms with Gasteiger partial charge in [0.2, 0.25) is 0 Å². The average molecular weight is 434 g/mol. The number of halogens is 1. The summed E-state index contributed by atoms with van der Waals surface area (Å²) < 4.78 is 5.32. The second kappa shape index (κ2) is 11.7. The second-order valence-corrected chi connectivity index (χ2v) is 6.13. The van der Waals surface area contributed by atoms with E-state index in [1.165, 1.54) is 32.5 Å². The SMILES string of the molecule is CN=C(NCCCN1CCC(C)CC1)NCCc1ccco1.I. The summed E-state index contributed by atoms with van der Waals surface area (Å²) in [6, 6.07) is 3.92. The highest BCUT2D eigenvalue weighted by Crippen LogP contribution is 2.15. The normalized spacial score (nSPS) is 16.9. The zero-order chi connectivity index (χ0) is 15.6. The molecule has 1 fully saturated rings. The van der Waals surface area contributed by atoms with Crippen LogP contribution in [-0.2, 0) is 6.42 Å². The van der Waals surface area contributed by atoms with E-state index in [-0.39, 0.29) is 24.0 Å². The molecule has 132 valence electrons. The molecule has 6 heteroatoms. The van der Waals surface area contributed by atoms with Crippen LogP contribution in [-0.4, -0.2) is 50.6 Å². The number of nitrogens with zero attached hydrogens (tertiary/aromatic N) is 2. The summed E-state index contributed by atoms with van der Waals surface area (Å²) >= 11 is 0. The molecule has 0 unspecified atom stereocenters. The summed E-state index contributed by atoms with van der Waals surface area (Å²) in [5, 5.41) is 6.70. The number of hydrogen-bond donors (Lipinski definition) is 2. The smallest absolute Gasteiger partial charge is 0.190 e. The largest absolute Gasteiger partial charge is 0.469 e. The van der Waals surface area contributed by atoms with Gasteiger partial charge in [0, 0.05) is 26.6 Å². The van der Waals surface area contributed by atoms with Crippen molar-refractivity contribution in [3.05, 3.63) is 24.2 Å².